The number of carbonyl (C=O) groups excluding carboxylic acids is 2. The van der Waals surface area contributed by atoms with E-state index in [0.29, 0.717) is 26.2 Å². The summed E-state index contributed by atoms with van der Waals surface area (Å²) in [5.74, 6) is 0.0265. The van der Waals surface area contributed by atoms with Crippen LogP contribution in [0.25, 0.3) is 0 Å². The minimum absolute atomic E-state index is 0.0269. The third-order valence-corrected chi connectivity index (χ3v) is 4.81. The molecule has 3 aliphatic rings. The normalized spacial score (nSPS) is 29.4. The van der Waals surface area contributed by atoms with Gasteiger partial charge in [0.1, 0.15) is 6.10 Å². The second kappa shape index (κ2) is 8.75. The van der Waals surface area contributed by atoms with Crippen molar-refractivity contribution in [3.8, 4) is 0 Å². The predicted octanol–water partition coefficient (Wildman–Crippen LogP) is -1.59. The number of rotatable bonds is 6. The molecule has 0 aromatic carbocycles. The lowest BCUT2D eigenvalue weighted by Crippen LogP contribution is -2.50. The average Bonchev–Trinajstić information content (AvgIpc) is 3.04. The second-order valence-corrected chi connectivity index (χ2v) is 6.65. The van der Waals surface area contributed by atoms with E-state index in [4.69, 9.17) is 9.47 Å². The van der Waals surface area contributed by atoms with Gasteiger partial charge in [0.15, 0.2) is 0 Å². The summed E-state index contributed by atoms with van der Waals surface area (Å²) in [7, 11) is 0. The summed E-state index contributed by atoms with van der Waals surface area (Å²) < 4.78 is 11.3. The number of morpholine rings is 1. The summed E-state index contributed by atoms with van der Waals surface area (Å²) in [5, 5.41) is 5.73. The highest BCUT2D eigenvalue weighted by molar-refractivity contribution is 5.81. The standard InChI is InChI=1S/C16H28N4O4/c21-15-12-19(5-3-17-15)6-4-18-16(22)14-2-1-13(24-14)11-20-7-9-23-10-8-20/h13-14H,1-12H2,(H,17,21)(H,18,22)/t13-,14+/m1/s1. The van der Waals surface area contributed by atoms with Gasteiger partial charge in [-0.1, -0.05) is 0 Å². The maximum absolute atomic E-state index is 12.2. The van der Waals surface area contributed by atoms with Crippen LogP contribution in [0.15, 0.2) is 0 Å². The van der Waals surface area contributed by atoms with E-state index in [9.17, 15) is 9.59 Å². The Morgan fingerprint density at radius 2 is 2.04 bits per heavy atom. The molecule has 2 atom stereocenters. The van der Waals surface area contributed by atoms with E-state index in [0.717, 1.165) is 52.2 Å². The van der Waals surface area contributed by atoms with Gasteiger partial charge >= 0.3 is 0 Å². The predicted molar refractivity (Wildman–Crippen MR) is 87.6 cm³/mol. The number of nitrogens with one attached hydrogen (secondary N) is 2. The molecule has 0 aliphatic carbocycles. The summed E-state index contributed by atoms with van der Waals surface area (Å²) in [6.07, 6.45) is 1.53. The minimum atomic E-state index is -0.333. The lowest BCUT2D eigenvalue weighted by molar-refractivity contribution is -0.132. The zero-order valence-electron chi connectivity index (χ0n) is 14.2. The Balaban J connectivity index is 1.31. The highest BCUT2D eigenvalue weighted by Gasteiger charge is 2.31. The molecule has 2 amide bonds. The average molecular weight is 340 g/mol. The van der Waals surface area contributed by atoms with Crippen LogP contribution < -0.4 is 10.6 Å². The van der Waals surface area contributed by atoms with Gasteiger partial charge in [-0.3, -0.25) is 19.4 Å². The number of hydrogen-bond donors (Lipinski definition) is 2. The molecule has 0 bridgehead atoms. The Hall–Kier alpha value is -1.22. The molecule has 3 fully saturated rings. The third-order valence-electron chi connectivity index (χ3n) is 4.81. The first-order valence-corrected chi connectivity index (χ1v) is 8.93. The minimum Gasteiger partial charge on any atom is -0.379 e. The topological polar surface area (TPSA) is 83.1 Å². The van der Waals surface area contributed by atoms with Crippen LogP contribution in [0, 0.1) is 0 Å². The van der Waals surface area contributed by atoms with Crippen molar-refractivity contribution >= 4 is 11.8 Å². The van der Waals surface area contributed by atoms with Crippen molar-refractivity contribution in [2.24, 2.45) is 0 Å². The molecule has 0 spiro atoms. The van der Waals surface area contributed by atoms with E-state index in [-0.39, 0.29) is 24.0 Å². The first kappa shape index (κ1) is 17.6. The van der Waals surface area contributed by atoms with Gasteiger partial charge in [0, 0.05) is 45.8 Å². The molecule has 136 valence electrons. The molecule has 2 N–H and O–H groups in total. The Kier molecular flexibility index (Phi) is 6.42. The highest BCUT2D eigenvalue weighted by atomic mass is 16.5. The zero-order valence-corrected chi connectivity index (χ0v) is 14.2. The zero-order chi connectivity index (χ0) is 16.8. The van der Waals surface area contributed by atoms with Gasteiger partial charge < -0.3 is 20.1 Å². The van der Waals surface area contributed by atoms with Gasteiger partial charge in [0.2, 0.25) is 11.8 Å². The van der Waals surface area contributed by atoms with Crippen molar-refractivity contribution in [3.05, 3.63) is 0 Å². The molecule has 0 unspecified atom stereocenters. The molecule has 3 saturated heterocycles. The van der Waals surface area contributed by atoms with Crippen molar-refractivity contribution in [2.45, 2.75) is 25.0 Å². The van der Waals surface area contributed by atoms with Crippen molar-refractivity contribution in [1.82, 2.24) is 20.4 Å². The summed E-state index contributed by atoms with van der Waals surface area (Å²) >= 11 is 0. The van der Waals surface area contributed by atoms with E-state index in [2.05, 4.69) is 20.4 Å². The number of ether oxygens (including phenoxy) is 2. The maximum Gasteiger partial charge on any atom is 0.249 e. The van der Waals surface area contributed by atoms with E-state index < -0.39 is 0 Å². The monoisotopic (exact) mass is 340 g/mol. The van der Waals surface area contributed by atoms with Crippen LogP contribution in [-0.4, -0.2) is 99.4 Å². The summed E-state index contributed by atoms with van der Waals surface area (Å²) in [5.41, 5.74) is 0. The van der Waals surface area contributed by atoms with Crippen LogP contribution >= 0.6 is 0 Å². The van der Waals surface area contributed by atoms with Gasteiger partial charge in [-0.05, 0) is 12.8 Å². The summed E-state index contributed by atoms with van der Waals surface area (Å²) in [4.78, 5) is 27.9. The Bertz CT molecular complexity index is 442. The molecule has 3 heterocycles. The number of amides is 2. The molecule has 8 nitrogen and oxygen atoms in total. The molecular weight excluding hydrogens is 312 g/mol. The van der Waals surface area contributed by atoms with E-state index in [1.54, 1.807) is 0 Å². The largest absolute Gasteiger partial charge is 0.379 e. The van der Waals surface area contributed by atoms with Crippen LogP contribution in [0.5, 0.6) is 0 Å². The number of carbonyl (C=O) groups is 2. The second-order valence-electron chi connectivity index (χ2n) is 6.65. The first-order valence-electron chi connectivity index (χ1n) is 8.93. The van der Waals surface area contributed by atoms with Gasteiger partial charge in [-0.2, -0.15) is 0 Å². The maximum atomic E-state index is 12.2. The smallest absolute Gasteiger partial charge is 0.249 e. The Labute approximate surface area is 142 Å². The van der Waals surface area contributed by atoms with E-state index in [1.807, 2.05) is 0 Å². The SMILES string of the molecule is O=C1CN(CCNC(=O)[C@@H]2CC[C@H](CN3CCOCC3)O2)CCN1. The van der Waals surface area contributed by atoms with E-state index >= 15 is 0 Å². The van der Waals surface area contributed by atoms with Crippen molar-refractivity contribution < 1.29 is 19.1 Å². The molecule has 0 saturated carbocycles. The third kappa shape index (κ3) is 5.14. The van der Waals surface area contributed by atoms with Crippen LogP contribution in [0.4, 0.5) is 0 Å². The molecule has 3 aliphatic heterocycles. The molecule has 8 heteroatoms. The van der Waals surface area contributed by atoms with E-state index in [1.165, 1.54) is 0 Å². The molecule has 0 aromatic rings. The van der Waals surface area contributed by atoms with Crippen LogP contribution in [0.3, 0.4) is 0 Å². The van der Waals surface area contributed by atoms with Crippen molar-refractivity contribution in [3.63, 3.8) is 0 Å². The van der Waals surface area contributed by atoms with Crippen molar-refractivity contribution in [1.29, 1.82) is 0 Å². The molecule has 3 rings (SSSR count). The van der Waals surface area contributed by atoms with Crippen LogP contribution in [-0.2, 0) is 19.1 Å². The van der Waals surface area contributed by atoms with Crippen LogP contribution in [0.2, 0.25) is 0 Å². The molecular formula is C16H28N4O4. The fourth-order valence-electron chi connectivity index (χ4n) is 3.44. The first-order chi connectivity index (χ1) is 11.7. The van der Waals surface area contributed by atoms with Gasteiger partial charge in [0.25, 0.3) is 0 Å². The highest BCUT2D eigenvalue weighted by Crippen LogP contribution is 2.21. The number of piperazine rings is 1. The number of hydrogen-bond acceptors (Lipinski definition) is 6. The summed E-state index contributed by atoms with van der Waals surface area (Å²) in [6, 6.07) is 0. The quantitative estimate of drug-likeness (QED) is 0.607. The van der Waals surface area contributed by atoms with Crippen LogP contribution in [0.1, 0.15) is 12.8 Å². The Morgan fingerprint density at radius 3 is 2.83 bits per heavy atom. The van der Waals surface area contributed by atoms with Gasteiger partial charge in [0.05, 0.1) is 25.9 Å². The molecule has 0 radical (unpaired) electrons. The fourth-order valence-corrected chi connectivity index (χ4v) is 3.44. The Morgan fingerprint density at radius 1 is 1.21 bits per heavy atom. The lowest BCUT2D eigenvalue weighted by Gasteiger charge is -2.29. The molecule has 24 heavy (non-hydrogen) atoms. The van der Waals surface area contributed by atoms with Crippen molar-refractivity contribution in [2.75, 3.05) is 65.6 Å². The summed E-state index contributed by atoms with van der Waals surface area (Å²) in [6.45, 7) is 7.53. The lowest BCUT2D eigenvalue weighted by atomic mass is 10.1. The van der Waals surface area contributed by atoms with Gasteiger partial charge in [-0.15, -0.1) is 0 Å². The van der Waals surface area contributed by atoms with Gasteiger partial charge in [-0.25, -0.2) is 0 Å². The fraction of sp³-hybridized carbons (Fsp3) is 0.875. The number of nitrogens with zero attached hydrogens (tertiary/aromatic N) is 2. The molecule has 0 aromatic heterocycles.